The van der Waals surface area contributed by atoms with E-state index in [1.165, 1.54) is 22.5 Å². The van der Waals surface area contributed by atoms with Crippen LogP contribution >= 0.6 is 0 Å². The van der Waals surface area contributed by atoms with Gasteiger partial charge in [-0.2, -0.15) is 4.31 Å². The van der Waals surface area contributed by atoms with E-state index in [-0.39, 0.29) is 4.90 Å². The summed E-state index contributed by atoms with van der Waals surface area (Å²) in [6, 6.07) is 5.56. The molecule has 0 bridgehead atoms. The van der Waals surface area contributed by atoms with Gasteiger partial charge in [0.2, 0.25) is 10.0 Å². The normalized spacial score (nSPS) is 19.0. The van der Waals surface area contributed by atoms with E-state index >= 15 is 0 Å². The molecular formula is C13H18FNO2S. The highest BCUT2D eigenvalue weighted by Gasteiger charge is 2.30. The van der Waals surface area contributed by atoms with Crippen molar-refractivity contribution in [1.82, 2.24) is 4.31 Å². The van der Waals surface area contributed by atoms with Gasteiger partial charge >= 0.3 is 0 Å². The van der Waals surface area contributed by atoms with Crippen LogP contribution in [0.5, 0.6) is 0 Å². The lowest BCUT2D eigenvalue weighted by molar-refractivity contribution is 0.268. The van der Waals surface area contributed by atoms with E-state index in [0.717, 1.165) is 19.3 Å². The molecule has 0 aromatic heterocycles. The molecule has 0 spiro atoms. The second-order valence-corrected chi connectivity index (χ2v) is 6.59. The minimum absolute atomic E-state index is 0.208. The lowest BCUT2D eigenvalue weighted by atomic mass is 9.96. The molecule has 3 nitrogen and oxygen atoms in total. The van der Waals surface area contributed by atoms with E-state index in [2.05, 4.69) is 6.92 Å². The topological polar surface area (TPSA) is 37.4 Å². The van der Waals surface area contributed by atoms with E-state index in [0.29, 0.717) is 19.0 Å². The maximum atomic E-state index is 13.6. The van der Waals surface area contributed by atoms with E-state index in [9.17, 15) is 12.8 Å². The molecule has 1 aliphatic heterocycles. The van der Waals surface area contributed by atoms with Crippen molar-refractivity contribution in [2.45, 2.75) is 31.1 Å². The molecule has 0 atom stereocenters. The van der Waals surface area contributed by atoms with Gasteiger partial charge in [0.25, 0.3) is 0 Å². The van der Waals surface area contributed by atoms with Crippen molar-refractivity contribution in [3.8, 4) is 0 Å². The molecule has 2 rings (SSSR count). The molecular weight excluding hydrogens is 253 g/mol. The van der Waals surface area contributed by atoms with Crippen molar-refractivity contribution in [2.75, 3.05) is 13.1 Å². The maximum Gasteiger partial charge on any atom is 0.245 e. The first kappa shape index (κ1) is 13.5. The zero-order valence-electron chi connectivity index (χ0n) is 10.5. The number of halogens is 1. The minimum Gasteiger partial charge on any atom is -0.207 e. The van der Waals surface area contributed by atoms with Gasteiger partial charge in [-0.3, -0.25) is 0 Å². The molecule has 0 aliphatic carbocycles. The van der Waals surface area contributed by atoms with Crippen molar-refractivity contribution in [3.63, 3.8) is 0 Å². The molecule has 1 saturated heterocycles. The SMILES string of the molecule is CCC1CCN(S(=O)(=O)c2ccccc2F)CC1. The number of nitrogens with zero attached hydrogens (tertiary/aromatic N) is 1. The van der Waals surface area contributed by atoms with Crippen LogP contribution in [-0.2, 0) is 10.0 Å². The van der Waals surface area contributed by atoms with Crippen LogP contribution in [0.15, 0.2) is 29.2 Å². The smallest absolute Gasteiger partial charge is 0.207 e. The summed E-state index contributed by atoms with van der Waals surface area (Å²) in [7, 11) is -3.67. The molecule has 100 valence electrons. The predicted octanol–water partition coefficient (Wildman–Crippen LogP) is 2.64. The Labute approximate surface area is 108 Å². The highest BCUT2D eigenvalue weighted by molar-refractivity contribution is 7.89. The Bertz CT molecular complexity index is 507. The minimum atomic E-state index is -3.67. The maximum absolute atomic E-state index is 13.6. The Balaban J connectivity index is 2.20. The summed E-state index contributed by atoms with van der Waals surface area (Å²) in [5, 5.41) is 0. The first-order chi connectivity index (χ1) is 8.55. The van der Waals surface area contributed by atoms with Crippen molar-refractivity contribution in [3.05, 3.63) is 30.1 Å². The van der Waals surface area contributed by atoms with Crippen LogP contribution in [0.4, 0.5) is 4.39 Å². The average molecular weight is 271 g/mol. The summed E-state index contributed by atoms with van der Waals surface area (Å²) in [5.41, 5.74) is 0. The molecule has 0 unspecified atom stereocenters. The summed E-state index contributed by atoms with van der Waals surface area (Å²) in [4.78, 5) is -0.208. The number of piperidine rings is 1. The molecule has 1 aromatic rings. The average Bonchev–Trinajstić information content (AvgIpc) is 2.39. The Morgan fingerprint density at radius 3 is 2.44 bits per heavy atom. The van der Waals surface area contributed by atoms with Gasteiger partial charge in [0.1, 0.15) is 10.7 Å². The second kappa shape index (κ2) is 5.36. The standard InChI is InChI=1S/C13H18FNO2S/c1-2-11-7-9-15(10-8-11)18(16,17)13-6-4-3-5-12(13)14/h3-6,11H,2,7-10H2,1H3. The Morgan fingerprint density at radius 2 is 1.89 bits per heavy atom. The van der Waals surface area contributed by atoms with Gasteiger partial charge in [0.15, 0.2) is 0 Å². The number of rotatable bonds is 3. The Morgan fingerprint density at radius 1 is 1.28 bits per heavy atom. The predicted molar refractivity (Wildman–Crippen MR) is 68.2 cm³/mol. The third-order valence-corrected chi connectivity index (χ3v) is 5.54. The van der Waals surface area contributed by atoms with E-state index in [1.54, 1.807) is 6.07 Å². The van der Waals surface area contributed by atoms with E-state index < -0.39 is 15.8 Å². The number of sulfonamides is 1. The van der Waals surface area contributed by atoms with Gasteiger partial charge in [-0.05, 0) is 30.9 Å². The van der Waals surface area contributed by atoms with Gasteiger partial charge in [-0.25, -0.2) is 12.8 Å². The third-order valence-electron chi connectivity index (χ3n) is 3.61. The molecule has 1 aromatic carbocycles. The van der Waals surface area contributed by atoms with Crippen molar-refractivity contribution in [2.24, 2.45) is 5.92 Å². The van der Waals surface area contributed by atoms with Gasteiger partial charge < -0.3 is 0 Å². The van der Waals surface area contributed by atoms with Gasteiger partial charge in [-0.1, -0.05) is 25.5 Å². The lowest BCUT2D eigenvalue weighted by Gasteiger charge is -2.30. The highest BCUT2D eigenvalue weighted by Crippen LogP contribution is 2.26. The zero-order valence-corrected chi connectivity index (χ0v) is 11.3. The Kier molecular flexibility index (Phi) is 4.02. The van der Waals surface area contributed by atoms with Crippen molar-refractivity contribution >= 4 is 10.0 Å². The monoisotopic (exact) mass is 271 g/mol. The molecule has 0 N–H and O–H groups in total. The van der Waals surface area contributed by atoms with Crippen molar-refractivity contribution in [1.29, 1.82) is 0 Å². The van der Waals surface area contributed by atoms with Crippen LogP contribution in [0.1, 0.15) is 26.2 Å². The fourth-order valence-electron chi connectivity index (χ4n) is 2.35. The van der Waals surface area contributed by atoms with Gasteiger partial charge in [-0.15, -0.1) is 0 Å². The molecule has 18 heavy (non-hydrogen) atoms. The summed E-state index contributed by atoms with van der Waals surface area (Å²) in [5.74, 6) is -0.0767. The fourth-order valence-corrected chi connectivity index (χ4v) is 3.89. The first-order valence-corrected chi connectivity index (χ1v) is 7.74. The molecule has 1 heterocycles. The largest absolute Gasteiger partial charge is 0.245 e. The lowest BCUT2D eigenvalue weighted by Crippen LogP contribution is -2.38. The van der Waals surface area contributed by atoms with Crippen LogP contribution in [0.2, 0.25) is 0 Å². The summed E-state index contributed by atoms with van der Waals surface area (Å²) in [6.07, 6.45) is 2.81. The molecule has 0 amide bonds. The van der Waals surface area contributed by atoms with Crippen LogP contribution in [0, 0.1) is 11.7 Å². The molecule has 5 heteroatoms. The van der Waals surface area contributed by atoms with Crippen LogP contribution in [0.3, 0.4) is 0 Å². The van der Waals surface area contributed by atoms with Gasteiger partial charge in [0.05, 0.1) is 0 Å². The molecule has 1 aliphatic rings. The molecule has 0 radical (unpaired) electrons. The number of hydrogen-bond donors (Lipinski definition) is 0. The molecule has 1 fully saturated rings. The van der Waals surface area contributed by atoms with Crippen LogP contribution in [-0.4, -0.2) is 25.8 Å². The Hall–Kier alpha value is -0.940. The van der Waals surface area contributed by atoms with Gasteiger partial charge in [0, 0.05) is 13.1 Å². The third kappa shape index (κ3) is 2.57. The van der Waals surface area contributed by atoms with E-state index in [4.69, 9.17) is 0 Å². The summed E-state index contributed by atoms with van der Waals surface area (Å²) < 4.78 is 39.6. The summed E-state index contributed by atoms with van der Waals surface area (Å²) in [6.45, 7) is 3.11. The van der Waals surface area contributed by atoms with Crippen molar-refractivity contribution < 1.29 is 12.8 Å². The van der Waals surface area contributed by atoms with Crippen LogP contribution < -0.4 is 0 Å². The number of hydrogen-bond acceptors (Lipinski definition) is 2. The zero-order chi connectivity index (χ0) is 13.2. The number of benzene rings is 1. The highest BCUT2D eigenvalue weighted by atomic mass is 32.2. The van der Waals surface area contributed by atoms with E-state index in [1.807, 2.05) is 0 Å². The first-order valence-electron chi connectivity index (χ1n) is 6.30. The second-order valence-electron chi connectivity index (χ2n) is 4.69. The quantitative estimate of drug-likeness (QED) is 0.847. The van der Waals surface area contributed by atoms with Crippen LogP contribution in [0.25, 0.3) is 0 Å². The molecule has 0 saturated carbocycles. The summed E-state index contributed by atoms with van der Waals surface area (Å²) >= 11 is 0. The fraction of sp³-hybridized carbons (Fsp3) is 0.538.